The fourth-order valence-corrected chi connectivity index (χ4v) is 2.15. The third-order valence-corrected chi connectivity index (χ3v) is 3.19. The molecule has 0 bridgehead atoms. The SMILES string of the molecule is CCOc1ccc(C=O)cc1NC(=O)c1c(F)cccc1Cl. The van der Waals surface area contributed by atoms with Crippen LogP contribution in [-0.4, -0.2) is 18.8 Å². The van der Waals surface area contributed by atoms with Gasteiger partial charge in [0.05, 0.1) is 22.9 Å². The van der Waals surface area contributed by atoms with Crippen molar-refractivity contribution in [2.45, 2.75) is 6.92 Å². The lowest BCUT2D eigenvalue weighted by atomic mass is 10.1. The number of nitrogens with one attached hydrogen (secondary N) is 1. The molecule has 0 aliphatic heterocycles. The second kappa shape index (κ2) is 7.04. The molecule has 0 radical (unpaired) electrons. The third-order valence-electron chi connectivity index (χ3n) is 2.88. The van der Waals surface area contributed by atoms with Crippen molar-refractivity contribution >= 4 is 29.5 Å². The van der Waals surface area contributed by atoms with Crippen LogP contribution in [0.2, 0.25) is 5.02 Å². The van der Waals surface area contributed by atoms with Crippen molar-refractivity contribution in [1.29, 1.82) is 0 Å². The number of ether oxygens (including phenoxy) is 1. The van der Waals surface area contributed by atoms with E-state index in [1.807, 2.05) is 0 Å². The zero-order chi connectivity index (χ0) is 16.1. The third kappa shape index (κ3) is 3.43. The monoisotopic (exact) mass is 321 g/mol. The van der Waals surface area contributed by atoms with Crippen LogP contribution in [0.1, 0.15) is 27.6 Å². The standard InChI is InChI=1S/C16H13ClFNO3/c1-2-22-14-7-6-10(9-20)8-13(14)19-16(21)15-11(17)4-3-5-12(15)18/h3-9H,2H2,1H3,(H,19,21). The summed E-state index contributed by atoms with van der Waals surface area (Å²) in [5, 5.41) is 2.52. The molecule has 4 nitrogen and oxygen atoms in total. The van der Waals surface area contributed by atoms with Crippen LogP contribution in [0, 0.1) is 5.82 Å². The average Bonchev–Trinajstić information content (AvgIpc) is 2.49. The molecule has 0 saturated heterocycles. The molecule has 2 aromatic rings. The van der Waals surface area contributed by atoms with Crippen molar-refractivity contribution in [3.05, 3.63) is 58.4 Å². The molecule has 0 aliphatic rings. The van der Waals surface area contributed by atoms with E-state index in [1.54, 1.807) is 19.1 Å². The minimum absolute atomic E-state index is 0.00185. The summed E-state index contributed by atoms with van der Waals surface area (Å²) in [6.07, 6.45) is 0.640. The predicted molar refractivity (Wildman–Crippen MR) is 82.4 cm³/mol. The van der Waals surface area contributed by atoms with Gasteiger partial charge in [0.25, 0.3) is 5.91 Å². The Morgan fingerprint density at radius 1 is 1.36 bits per heavy atom. The van der Waals surface area contributed by atoms with Gasteiger partial charge >= 0.3 is 0 Å². The summed E-state index contributed by atoms with van der Waals surface area (Å²) in [6.45, 7) is 2.16. The summed E-state index contributed by atoms with van der Waals surface area (Å²) < 4.78 is 19.1. The normalized spacial score (nSPS) is 10.1. The molecule has 6 heteroatoms. The van der Waals surface area contributed by atoms with Crippen LogP contribution in [-0.2, 0) is 0 Å². The number of anilines is 1. The predicted octanol–water partition coefficient (Wildman–Crippen LogP) is 3.94. The lowest BCUT2D eigenvalue weighted by Gasteiger charge is -2.13. The highest BCUT2D eigenvalue weighted by Gasteiger charge is 2.17. The van der Waals surface area contributed by atoms with Crippen LogP contribution in [0.5, 0.6) is 5.75 Å². The lowest BCUT2D eigenvalue weighted by molar-refractivity contribution is 0.102. The quantitative estimate of drug-likeness (QED) is 0.849. The molecule has 0 atom stereocenters. The molecule has 0 heterocycles. The van der Waals surface area contributed by atoms with Gasteiger partial charge in [-0.05, 0) is 37.3 Å². The zero-order valence-electron chi connectivity index (χ0n) is 11.7. The number of halogens is 2. The smallest absolute Gasteiger partial charge is 0.260 e. The largest absolute Gasteiger partial charge is 0.492 e. The first-order valence-corrected chi connectivity index (χ1v) is 6.92. The molecular formula is C16H13ClFNO3. The molecule has 0 unspecified atom stereocenters. The van der Waals surface area contributed by atoms with E-state index in [1.165, 1.54) is 18.2 Å². The molecule has 0 saturated carbocycles. The number of carbonyl (C=O) groups is 2. The maximum absolute atomic E-state index is 13.8. The molecule has 114 valence electrons. The Kier molecular flexibility index (Phi) is 5.12. The molecule has 0 fully saturated rings. The molecule has 0 aliphatic carbocycles. The van der Waals surface area contributed by atoms with Gasteiger partial charge in [0.15, 0.2) is 0 Å². The first-order chi connectivity index (χ1) is 10.6. The summed E-state index contributed by atoms with van der Waals surface area (Å²) in [5.74, 6) is -1.06. The number of hydrogen-bond acceptors (Lipinski definition) is 3. The summed E-state index contributed by atoms with van der Waals surface area (Å²) in [6, 6.07) is 8.55. The molecule has 22 heavy (non-hydrogen) atoms. The Morgan fingerprint density at radius 3 is 2.77 bits per heavy atom. The minimum atomic E-state index is -0.727. The number of benzene rings is 2. The van der Waals surface area contributed by atoms with Crippen molar-refractivity contribution in [2.24, 2.45) is 0 Å². The number of hydrogen-bond donors (Lipinski definition) is 1. The highest BCUT2D eigenvalue weighted by molar-refractivity contribution is 6.34. The van der Waals surface area contributed by atoms with E-state index in [0.29, 0.717) is 24.2 Å². The Labute approximate surface area is 131 Å². The van der Waals surface area contributed by atoms with Gasteiger partial charge in [-0.1, -0.05) is 17.7 Å². The van der Waals surface area contributed by atoms with Gasteiger partial charge in [-0.15, -0.1) is 0 Å². The summed E-state index contributed by atoms with van der Waals surface area (Å²) in [7, 11) is 0. The first-order valence-electron chi connectivity index (χ1n) is 6.54. The van der Waals surface area contributed by atoms with Gasteiger partial charge in [-0.25, -0.2) is 4.39 Å². The van der Waals surface area contributed by atoms with Gasteiger partial charge in [-0.3, -0.25) is 9.59 Å². The van der Waals surface area contributed by atoms with Gasteiger partial charge in [0, 0.05) is 5.56 Å². The van der Waals surface area contributed by atoms with Crippen LogP contribution < -0.4 is 10.1 Å². The van der Waals surface area contributed by atoms with E-state index < -0.39 is 11.7 Å². The Hall–Kier alpha value is -2.40. The lowest BCUT2D eigenvalue weighted by Crippen LogP contribution is -2.15. The highest BCUT2D eigenvalue weighted by atomic mass is 35.5. The van der Waals surface area contributed by atoms with Gasteiger partial charge < -0.3 is 10.1 Å². The van der Waals surface area contributed by atoms with Crippen molar-refractivity contribution < 1.29 is 18.7 Å². The Balaban J connectivity index is 2.37. The van der Waals surface area contributed by atoms with E-state index >= 15 is 0 Å². The number of carbonyl (C=O) groups excluding carboxylic acids is 2. The van der Waals surface area contributed by atoms with Crippen LogP contribution in [0.4, 0.5) is 10.1 Å². The second-order valence-corrected chi connectivity index (χ2v) is 4.76. The van der Waals surface area contributed by atoms with Gasteiger partial charge in [0.1, 0.15) is 17.9 Å². The van der Waals surface area contributed by atoms with E-state index in [9.17, 15) is 14.0 Å². The van der Waals surface area contributed by atoms with Crippen LogP contribution >= 0.6 is 11.6 Å². The van der Waals surface area contributed by atoms with Gasteiger partial charge in [0.2, 0.25) is 0 Å². The number of aldehydes is 1. The van der Waals surface area contributed by atoms with Gasteiger partial charge in [-0.2, -0.15) is 0 Å². The molecule has 1 N–H and O–H groups in total. The topological polar surface area (TPSA) is 55.4 Å². The zero-order valence-corrected chi connectivity index (χ0v) is 12.5. The van der Waals surface area contributed by atoms with Crippen LogP contribution in [0.15, 0.2) is 36.4 Å². The maximum Gasteiger partial charge on any atom is 0.260 e. The Bertz CT molecular complexity index is 698. The maximum atomic E-state index is 13.8. The number of rotatable bonds is 5. The van der Waals surface area contributed by atoms with Crippen molar-refractivity contribution in [2.75, 3.05) is 11.9 Å². The van der Waals surface area contributed by atoms with Crippen LogP contribution in [0.3, 0.4) is 0 Å². The molecular weight excluding hydrogens is 309 g/mol. The molecule has 1 amide bonds. The van der Waals surface area contributed by atoms with E-state index in [-0.39, 0.29) is 16.3 Å². The van der Waals surface area contributed by atoms with Crippen LogP contribution in [0.25, 0.3) is 0 Å². The minimum Gasteiger partial charge on any atom is -0.492 e. The average molecular weight is 322 g/mol. The molecule has 2 aromatic carbocycles. The fourth-order valence-electron chi connectivity index (χ4n) is 1.90. The molecule has 0 spiro atoms. The first kappa shape index (κ1) is 16.0. The van der Waals surface area contributed by atoms with E-state index in [0.717, 1.165) is 6.07 Å². The van der Waals surface area contributed by atoms with Crippen molar-refractivity contribution in [3.8, 4) is 5.75 Å². The van der Waals surface area contributed by atoms with Crippen molar-refractivity contribution in [3.63, 3.8) is 0 Å². The van der Waals surface area contributed by atoms with E-state index in [4.69, 9.17) is 16.3 Å². The summed E-state index contributed by atoms with van der Waals surface area (Å²) in [5.41, 5.74) is 0.372. The fraction of sp³-hybridized carbons (Fsp3) is 0.125. The van der Waals surface area contributed by atoms with Crippen molar-refractivity contribution in [1.82, 2.24) is 0 Å². The van der Waals surface area contributed by atoms with E-state index in [2.05, 4.69) is 5.32 Å². The molecule has 0 aromatic heterocycles. The summed E-state index contributed by atoms with van der Waals surface area (Å²) in [4.78, 5) is 23.1. The number of amides is 1. The Morgan fingerprint density at radius 2 is 2.14 bits per heavy atom. The molecule has 2 rings (SSSR count). The second-order valence-electron chi connectivity index (χ2n) is 4.36. The summed E-state index contributed by atoms with van der Waals surface area (Å²) >= 11 is 5.86. The highest BCUT2D eigenvalue weighted by Crippen LogP contribution is 2.27.